The van der Waals surface area contributed by atoms with Crippen molar-refractivity contribution >= 4 is 0 Å². The summed E-state index contributed by atoms with van der Waals surface area (Å²) in [6.07, 6.45) is 0. The molecule has 0 amide bonds. The summed E-state index contributed by atoms with van der Waals surface area (Å²) >= 11 is 0. The van der Waals surface area contributed by atoms with E-state index < -0.39 is 0 Å². The average Bonchev–Trinajstić information content (AvgIpc) is 2.61. The largest absolute Gasteiger partial charge is 0.295 e. The monoisotopic (exact) mass is 207 g/mol. The van der Waals surface area contributed by atoms with E-state index in [2.05, 4.69) is 43.1 Å². The molecule has 1 heteroatoms. The predicted octanol–water partition coefficient (Wildman–Crippen LogP) is 4.25. The lowest BCUT2D eigenvalue weighted by Gasteiger charge is -2.13. The lowest BCUT2D eigenvalue weighted by atomic mass is 10.1. The molecule has 1 heterocycles. The van der Waals surface area contributed by atoms with Crippen LogP contribution in [-0.2, 0) is 6.54 Å². The molecule has 0 aliphatic carbocycles. The van der Waals surface area contributed by atoms with Crippen LogP contribution in [0.25, 0.3) is 0 Å². The lowest BCUT2D eigenvalue weighted by Crippen LogP contribution is -2.12. The molecule has 0 spiro atoms. The summed E-state index contributed by atoms with van der Waals surface area (Å²) in [5, 5.41) is 0. The Bertz CT molecular complexity index is 268. The first kappa shape index (κ1) is 14.2. The molecule has 1 aromatic carbocycles. The van der Waals surface area contributed by atoms with E-state index in [1.807, 2.05) is 27.7 Å². The Morgan fingerprint density at radius 1 is 1.07 bits per heavy atom. The molecule has 1 aromatic rings. The fourth-order valence-electron chi connectivity index (χ4n) is 1.73. The quantitative estimate of drug-likeness (QED) is 0.615. The summed E-state index contributed by atoms with van der Waals surface area (Å²) < 4.78 is 0. The van der Waals surface area contributed by atoms with Gasteiger partial charge in [0.15, 0.2) is 0 Å². The van der Waals surface area contributed by atoms with Crippen molar-refractivity contribution < 1.29 is 0 Å². The highest BCUT2D eigenvalue weighted by Crippen LogP contribution is 2.30. The number of benzene rings is 1. The molecule has 0 N–H and O–H groups in total. The molecule has 1 aliphatic heterocycles. The van der Waals surface area contributed by atoms with Gasteiger partial charge in [-0.05, 0) is 25.1 Å². The summed E-state index contributed by atoms with van der Waals surface area (Å²) in [4.78, 5) is 2.37. The van der Waals surface area contributed by atoms with Gasteiger partial charge in [-0.2, -0.15) is 0 Å². The van der Waals surface area contributed by atoms with Crippen molar-refractivity contribution in [2.75, 3.05) is 7.05 Å². The van der Waals surface area contributed by atoms with Crippen LogP contribution >= 0.6 is 0 Å². The molecule has 1 atom stereocenters. The normalized spacial score (nSPS) is 18.1. The van der Waals surface area contributed by atoms with E-state index in [4.69, 9.17) is 0 Å². The third kappa shape index (κ3) is 3.35. The summed E-state index contributed by atoms with van der Waals surface area (Å²) in [5.74, 6) is 0. The number of nitrogens with zero attached hydrogens (tertiary/aromatic N) is 1. The van der Waals surface area contributed by atoms with E-state index in [1.165, 1.54) is 11.1 Å². The van der Waals surface area contributed by atoms with Crippen LogP contribution in [0.5, 0.6) is 0 Å². The third-order valence-corrected chi connectivity index (χ3v) is 2.59. The Labute approximate surface area is 95.1 Å². The van der Waals surface area contributed by atoms with Crippen molar-refractivity contribution in [2.24, 2.45) is 0 Å². The second-order valence-electron chi connectivity index (χ2n) is 3.29. The van der Waals surface area contributed by atoms with Crippen molar-refractivity contribution in [3.05, 3.63) is 35.4 Å². The van der Waals surface area contributed by atoms with Crippen LogP contribution < -0.4 is 0 Å². The van der Waals surface area contributed by atoms with Gasteiger partial charge in [0.2, 0.25) is 0 Å². The molecule has 2 rings (SSSR count). The zero-order chi connectivity index (χ0) is 11.8. The van der Waals surface area contributed by atoms with E-state index in [1.54, 1.807) is 0 Å². The second-order valence-corrected chi connectivity index (χ2v) is 3.29. The van der Waals surface area contributed by atoms with Crippen LogP contribution in [-0.4, -0.2) is 11.9 Å². The molecule has 86 valence electrons. The van der Waals surface area contributed by atoms with E-state index >= 15 is 0 Å². The number of fused-ring (bicyclic) bond motifs is 1. The maximum atomic E-state index is 2.37. The van der Waals surface area contributed by atoms with E-state index in [-0.39, 0.29) is 0 Å². The minimum absolute atomic E-state index is 0.603. The molecule has 0 fully saturated rings. The molecule has 0 saturated carbocycles. The highest BCUT2D eigenvalue weighted by Gasteiger charge is 2.21. The molecule has 0 saturated heterocycles. The molecule has 1 unspecified atom stereocenters. The van der Waals surface area contributed by atoms with Crippen LogP contribution in [0.2, 0.25) is 0 Å². The van der Waals surface area contributed by atoms with Crippen LogP contribution in [0.15, 0.2) is 24.3 Å². The molecule has 1 nitrogen and oxygen atoms in total. The van der Waals surface area contributed by atoms with Gasteiger partial charge in [-0.15, -0.1) is 0 Å². The number of rotatable bonds is 0. The molecule has 1 aliphatic rings. The Morgan fingerprint density at radius 3 is 2.13 bits per heavy atom. The van der Waals surface area contributed by atoms with Gasteiger partial charge in [0.1, 0.15) is 0 Å². The SMILES string of the molecule is CC.CC.CC1c2ccccc2CN1C. The lowest BCUT2D eigenvalue weighted by molar-refractivity contribution is 0.286. The zero-order valence-electron chi connectivity index (χ0n) is 11.0. The second kappa shape index (κ2) is 7.47. The van der Waals surface area contributed by atoms with Crippen molar-refractivity contribution in [2.45, 2.75) is 47.2 Å². The van der Waals surface area contributed by atoms with Crippen molar-refractivity contribution in [1.82, 2.24) is 4.90 Å². The highest BCUT2D eigenvalue weighted by atomic mass is 15.1. The number of hydrogen-bond acceptors (Lipinski definition) is 1. The maximum absolute atomic E-state index is 2.37. The molecule has 0 bridgehead atoms. The Hall–Kier alpha value is -0.820. The van der Waals surface area contributed by atoms with Crippen molar-refractivity contribution in [3.63, 3.8) is 0 Å². The van der Waals surface area contributed by atoms with Gasteiger partial charge < -0.3 is 0 Å². The van der Waals surface area contributed by atoms with Gasteiger partial charge in [-0.25, -0.2) is 0 Å². The van der Waals surface area contributed by atoms with Gasteiger partial charge >= 0.3 is 0 Å². The van der Waals surface area contributed by atoms with Gasteiger partial charge in [-0.3, -0.25) is 4.90 Å². The maximum Gasteiger partial charge on any atom is 0.0323 e. The summed E-state index contributed by atoms with van der Waals surface area (Å²) in [6.45, 7) is 11.4. The standard InChI is InChI=1S/C10H13N.2C2H6/c1-8-10-6-4-3-5-9(10)7-11(8)2;2*1-2/h3-6,8H,7H2,1-2H3;2*1-2H3. The van der Waals surface area contributed by atoms with Gasteiger partial charge in [0.05, 0.1) is 0 Å². The third-order valence-electron chi connectivity index (χ3n) is 2.59. The van der Waals surface area contributed by atoms with Gasteiger partial charge in [-0.1, -0.05) is 52.0 Å². The molecular weight excluding hydrogens is 182 g/mol. The van der Waals surface area contributed by atoms with E-state index in [0.717, 1.165) is 6.54 Å². The number of hydrogen-bond donors (Lipinski definition) is 0. The van der Waals surface area contributed by atoms with Crippen LogP contribution in [0.3, 0.4) is 0 Å². The molecular formula is C14H25N. The summed E-state index contributed by atoms with van der Waals surface area (Å²) in [7, 11) is 2.17. The first-order chi connectivity index (χ1) is 7.29. The Balaban J connectivity index is 0.000000442. The van der Waals surface area contributed by atoms with E-state index in [0.29, 0.717) is 6.04 Å². The first-order valence-electron chi connectivity index (χ1n) is 6.07. The van der Waals surface area contributed by atoms with Gasteiger partial charge in [0, 0.05) is 12.6 Å². The first-order valence-corrected chi connectivity index (χ1v) is 6.07. The van der Waals surface area contributed by atoms with Gasteiger partial charge in [0.25, 0.3) is 0 Å². The average molecular weight is 207 g/mol. The Morgan fingerprint density at radius 2 is 1.60 bits per heavy atom. The molecule has 0 radical (unpaired) electrons. The molecule has 0 aromatic heterocycles. The summed E-state index contributed by atoms with van der Waals surface area (Å²) in [6, 6.07) is 9.28. The Kier molecular flexibility index (Phi) is 7.06. The smallest absolute Gasteiger partial charge is 0.0323 e. The molecule has 15 heavy (non-hydrogen) atoms. The summed E-state index contributed by atoms with van der Waals surface area (Å²) in [5.41, 5.74) is 2.98. The minimum atomic E-state index is 0.603. The van der Waals surface area contributed by atoms with Crippen molar-refractivity contribution in [1.29, 1.82) is 0 Å². The van der Waals surface area contributed by atoms with Crippen LogP contribution in [0.1, 0.15) is 51.8 Å². The zero-order valence-corrected chi connectivity index (χ0v) is 11.0. The predicted molar refractivity (Wildman–Crippen MR) is 69.0 cm³/mol. The van der Waals surface area contributed by atoms with Crippen LogP contribution in [0, 0.1) is 0 Å². The van der Waals surface area contributed by atoms with Crippen LogP contribution in [0.4, 0.5) is 0 Å². The fourth-order valence-corrected chi connectivity index (χ4v) is 1.73. The van der Waals surface area contributed by atoms with E-state index in [9.17, 15) is 0 Å². The fraction of sp³-hybridized carbons (Fsp3) is 0.571. The highest BCUT2D eigenvalue weighted by molar-refractivity contribution is 5.33. The minimum Gasteiger partial charge on any atom is -0.295 e. The topological polar surface area (TPSA) is 3.24 Å². The van der Waals surface area contributed by atoms with Crippen molar-refractivity contribution in [3.8, 4) is 0 Å².